The number of furan rings is 1. The molecule has 0 radical (unpaired) electrons. The van der Waals surface area contributed by atoms with Gasteiger partial charge in [0.2, 0.25) is 0 Å². The molecule has 0 atom stereocenters. The van der Waals surface area contributed by atoms with E-state index < -0.39 is 0 Å². The molecule has 1 amide bonds. The Morgan fingerprint density at radius 3 is 3.00 bits per heavy atom. The van der Waals surface area contributed by atoms with Gasteiger partial charge >= 0.3 is 0 Å². The maximum absolute atomic E-state index is 12.3. The van der Waals surface area contributed by atoms with E-state index in [0.29, 0.717) is 23.2 Å². The summed E-state index contributed by atoms with van der Waals surface area (Å²) in [5.74, 6) is 1.28. The Hall–Kier alpha value is -2.67. The summed E-state index contributed by atoms with van der Waals surface area (Å²) in [4.78, 5) is 22.4. The van der Waals surface area contributed by atoms with Crippen LogP contribution in [0.1, 0.15) is 16.2 Å². The number of amides is 1. The zero-order valence-electron chi connectivity index (χ0n) is 11.9. The topological polar surface area (TPSA) is 71.3 Å². The first-order valence-electron chi connectivity index (χ1n) is 6.64. The lowest BCUT2D eigenvalue weighted by atomic mass is 10.3. The maximum atomic E-state index is 12.3. The number of carbonyl (C=O) groups excluding carboxylic acids is 1. The van der Waals surface area contributed by atoms with Crippen LogP contribution in [0.2, 0.25) is 0 Å². The second-order valence-electron chi connectivity index (χ2n) is 4.62. The van der Waals surface area contributed by atoms with Crippen molar-refractivity contribution in [2.45, 2.75) is 6.54 Å². The Kier molecular flexibility index (Phi) is 4.15. The molecule has 0 spiro atoms. The molecule has 0 bridgehead atoms. The smallest absolute Gasteiger partial charge is 0.273 e. The summed E-state index contributed by atoms with van der Waals surface area (Å²) < 4.78 is 5.24. The Morgan fingerprint density at radius 1 is 1.36 bits per heavy atom. The van der Waals surface area contributed by atoms with E-state index in [1.807, 2.05) is 24.3 Å². The molecule has 0 saturated heterocycles. The van der Waals surface area contributed by atoms with Gasteiger partial charge in [-0.05, 0) is 24.3 Å². The number of nitrogens with zero attached hydrogens (tertiary/aromatic N) is 3. The zero-order valence-corrected chi connectivity index (χ0v) is 12.7. The molecule has 0 fully saturated rings. The molecule has 0 aliphatic heterocycles. The van der Waals surface area contributed by atoms with E-state index in [1.165, 1.54) is 11.3 Å². The largest absolute Gasteiger partial charge is 0.467 e. The van der Waals surface area contributed by atoms with E-state index in [1.54, 1.807) is 35.9 Å². The first-order valence-corrected chi connectivity index (χ1v) is 7.52. The van der Waals surface area contributed by atoms with Gasteiger partial charge in [0.1, 0.15) is 17.3 Å². The fourth-order valence-corrected chi connectivity index (χ4v) is 2.57. The monoisotopic (exact) mass is 314 g/mol. The molecular formula is C15H14N4O2S. The van der Waals surface area contributed by atoms with Crippen LogP contribution < -0.4 is 5.32 Å². The van der Waals surface area contributed by atoms with E-state index in [2.05, 4.69) is 15.3 Å². The van der Waals surface area contributed by atoms with Crippen LogP contribution in [-0.2, 0) is 6.54 Å². The molecule has 0 aromatic carbocycles. The van der Waals surface area contributed by atoms with Gasteiger partial charge in [-0.25, -0.2) is 9.97 Å². The molecule has 1 N–H and O–H groups in total. The number of anilines is 2. The lowest BCUT2D eigenvalue weighted by molar-refractivity contribution is 0.0770. The lowest BCUT2D eigenvalue weighted by Crippen LogP contribution is -2.26. The zero-order chi connectivity index (χ0) is 15.4. The molecule has 0 saturated carbocycles. The van der Waals surface area contributed by atoms with Gasteiger partial charge in [-0.15, -0.1) is 11.3 Å². The molecule has 3 aromatic heterocycles. The molecule has 3 rings (SSSR count). The molecule has 3 heterocycles. The third-order valence-corrected chi connectivity index (χ3v) is 3.70. The van der Waals surface area contributed by atoms with E-state index >= 15 is 0 Å². The van der Waals surface area contributed by atoms with Crippen molar-refractivity contribution < 1.29 is 9.21 Å². The first kappa shape index (κ1) is 14.3. The fourth-order valence-electron chi connectivity index (χ4n) is 1.88. The van der Waals surface area contributed by atoms with Gasteiger partial charge < -0.3 is 14.6 Å². The summed E-state index contributed by atoms with van der Waals surface area (Å²) >= 11 is 1.36. The van der Waals surface area contributed by atoms with Crippen molar-refractivity contribution in [1.29, 1.82) is 0 Å². The predicted octanol–water partition coefficient (Wildman–Crippen LogP) is 3.15. The van der Waals surface area contributed by atoms with Gasteiger partial charge in [0.25, 0.3) is 5.91 Å². The maximum Gasteiger partial charge on any atom is 0.273 e. The lowest BCUT2D eigenvalue weighted by Gasteiger charge is -2.13. The van der Waals surface area contributed by atoms with Gasteiger partial charge in [-0.1, -0.05) is 6.07 Å². The summed E-state index contributed by atoms with van der Waals surface area (Å²) in [6.45, 7) is 0.409. The van der Waals surface area contributed by atoms with Crippen molar-refractivity contribution in [1.82, 2.24) is 14.9 Å². The Morgan fingerprint density at radius 2 is 2.27 bits per heavy atom. The first-order chi connectivity index (χ1) is 10.7. The van der Waals surface area contributed by atoms with Crippen LogP contribution in [0, 0.1) is 0 Å². The van der Waals surface area contributed by atoms with E-state index in [4.69, 9.17) is 4.42 Å². The second-order valence-corrected chi connectivity index (χ2v) is 5.48. The summed E-state index contributed by atoms with van der Waals surface area (Å²) in [6, 6.07) is 9.19. The van der Waals surface area contributed by atoms with Crippen molar-refractivity contribution in [2.24, 2.45) is 0 Å². The number of carbonyl (C=O) groups is 1. The average Bonchev–Trinajstić information content (AvgIpc) is 3.19. The van der Waals surface area contributed by atoms with Gasteiger partial charge in [0.05, 0.1) is 12.8 Å². The highest BCUT2D eigenvalue weighted by molar-refractivity contribution is 7.14. The number of aromatic nitrogens is 2. The van der Waals surface area contributed by atoms with Crippen molar-refractivity contribution in [3.05, 3.63) is 59.6 Å². The van der Waals surface area contributed by atoms with Crippen LogP contribution >= 0.6 is 11.3 Å². The molecule has 3 aromatic rings. The van der Waals surface area contributed by atoms with Crippen molar-refractivity contribution in [3.8, 4) is 0 Å². The van der Waals surface area contributed by atoms with Crippen molar-refractivity contribution in [2.75, 3.05) is 12.4 Å². The minimum Gasteiger partial charge on any atom is -0.467 e. The van der Waals surface area contributed by atoms with Gasteiger partial charge in [-0.2, -0.15) is 0 Å². The normalized spacial score (nSPS) is 10.4. The quantitative estimate of drug-likeness (QED) is 0.783. The van der Waals surface area contributed by atoms with Crippen LogP contribution in [0.15, 0.2) is 52.6 Å². The predicted molar refractivity (Wildman–Crippen MR) is 84.1 cm³/mol. The summed E-state index contributed by atoms with van der Waals surface area (Å²) in [5, 5.41) is 5.43. The number of thiazole rings is 1. The third kappa shape index (κ3) is 3.32. The molecule has 112 valence electrons. The Labute approximate surface area is 131 Å². The Bertz CT molecular complexity index is 740. The van der Waals surface area contributed by atoms with Gasteiger partial charge in [0.15, 0.2) is 5.13 Å². The van der Waals surface area contributed by atoms with E-state index in [9.17, 15) is 4.79 Å². The van der Waals surface area contributed by atoms with Gasteiger partial charge in [-0.3, -0.25) is 4.79 Å². The highest BCUT2D eigenvalue weighted by Gasteiger charge is 2.16. The molecular weight excluding hydrogens is 300 g/mol. The third-order valence-electron chi connectivity index (χ3n) is 2.94. The van der Waals surface area contributed by atoms with E-state index in [-0.39, 0.29) is 5.91 Å². The number of rotatable bonds is 5. The number of pyridine rings is 1. The SMILES string of the molecule is CN(Cc1ccco1)C(=O)c1csc(Nc2ccccn2)n1. The van der Waals surface area contributed by atoms with Crippen molar-refractivity contribution >= 4 is 28.2 Å². The fraction of sp³-hybridized carbons (Fsp3) is 0.133. The van der Waals surface area contributed by atoms with Crippen LogP contribution in [0.25, 0.3) is 0 Å². The van der Waals surface area contributed by atoms with Gasteiger partial charge in [0, 0.05) is 18.6 Å². The average molecular weight is 314 g/mol. The van der Waals surface area contributed by atoms with Crippen molar-refractivity contribution in [3.63, 3.8) is 0 Å². The van der Waals surface area contributed by atoms with Crippen LogP contribution in [0.3, 0.4) is 0 Å². The molecule has 0 aliphatic carbocycles. The van der Waals surface area contributed by atoms with Crippen LogP contribution in [0.5, 0.6) is 0 Å². The minimum absolute atomic E-state index is 0.151. The number of hydrogen-bond donors (Lipinski definition) is 1. The summed E-state index contributed by atoms with van der Waals surface area (Å²) in [5.41, 5.74) is 0.400. The van der Waals surface area contributed by atoms with Crippen LogP contribution in [-0.4, -0.2) is 27.8 Å². The molecule has 0 aliphatic rings. The number of hydrogen-bond acceptors (Lipinski definition) is 6. The summed E-state index contributed by atoms with van der Waals surface area (Å²) in [6.07, 6.45) is 3.28. The molecule has 7 heteroatoms. The minimum atomic E-state index is -0.151. The Balaban J connectivity index is 1.66. The molecule has 0 unspecified atom stereocenters. The molecule has 22 heavy (non-hydrogen) atoms. The number of nitrogens with one attached hydrogen (secondary N) is 1. The van der Waals surface area contributed by atoms with E-state index in [0.717, 1.165) is 5.76 Å². The summed E-state index contributed by atoms with van der Waals surface area (Å²) in [7, 11) is 1.72. The highest BCUT2D eigenvalue weighted by atomic mass is 32.1. The second kappa shape index (κ2) is 6.40. The molecule has 6 nitrogen and oxygen atoms in total. The highest BCUT2D eigenvalue weighted by Crippen LogP contribution is 2.20. The van der Waals surface area contributed by atoms with Crippen LogP contribution in [0.4, 0.5) is 10.9 Å². The standard InChI is InChI=1S/C15H14N4O2S/c1-19(9-11-5-4-8-21-11)14(20)12-10-22-15(17-12)18-13-6-2-3-7-16-13/h2-8,10H,9H2,1H3,(H,16,17,18).